The highest BCUT2D eigenvalue weighted by atomic mass is 127. The van der Waals surface area contributed by atoms with Crippen molar-refractivity contribution in [3.63, 3.8) is 0 Å². The molecule has 0 aliphatic heterocycles. The van der Waals surface area contributed by atoms with Gasteiger partial charge in [0.2, 0.25) is 0 Å². The lowest BCUT2D eigenvalue weighted by atomic mass is 9.76. The molecule has 0 radical (unpaired) electrons. The van der Waals surface area contributed by atoms with Gasteiger partial charge in [0, 0.05) is 0 Å². The van der Waals surface area contributed by atoms with Gasteiger partial charge in [-0.05, 0) is 58.6 Å². The minimum Gasteiger partial charge on any atom is -0.175 e. The average Bonchev–Trinajstić information content (AvgIpc) is 2.55. The fourth-order valence-corrected chi connectivity index (χ4v) is 10.1. The van der Waals surface area contributed by atoms with Crippen LogP contribution in [0.15, 0.2) is 70.5 Å². The zero-order valence-corrected chi connectivity index (χ0v) is 15.9. The summed E-state index contributed by atoms with van der Waals surface area (Å²) < 4.78 is 0.355. The normalized spacial score (nSPS) is 29.7. The van der Waals surface area contributed by atoms with Crippen LogP contribution in [0.3, 0.4) is 0 Å². The Balaban J connectivity index is 2.22. The second kappa shape index (κ2) is 5.62. The Morgan fingerprint density at radius 2 is 1.24 bits per heavy atom. The van der Waals surface area contributed by atoms with Gasteiger partial charge in [0.25, 0.3) is 0 Å². The monoisotopic (exact) mass is 410 g/mol. The number of halogens is 1. The van der Waals surface area contributed by atoms with Gasteiger partial charge < -0.3 is 0 Å². The summed E-state index contributed by atoms with van der Waals surface area (Å²) in [5.74, 6) is 1.54. The zero-order valence-electron chi connectivity index (χ0n) is 12.9. The van der Waals surface area contributed by atoms with E-state index in [4.69, 9.17) is 0 Å². The van der Waals surface area contributed by atoms with Crippen LogP contribution in [-0.4, -0.2) is 9.01 Å². The van der Waals surface area contributed by atoms with Crippen molar-refractivity contribution in [3.05, 3.63) is 60.7 Å². The summed E-state index contributed by atoms with van der Waals surface area (Å²) in [6.07, 6.45) is 3.88. The maximum absolute atomic E-state index is 2.80. The largest absolute Gasteiger partial charge is 0.175 e. The van der Waals surface area contributed by atoms with Crippen molar-refractivity contribution in [1.82, 2.24) is 0 Å². The summed E-state index contributed by atoms with van der Waals surface area (Å²) in [5, 5.41) is 0. The van der Waals surface area contributed by atoms with Gasteiger partial charge in [-0.1, -0.05) is 72.8 Å². The highest BCUT2D eigenvalue weighted by Crippen LogP contribution is 2.79. The van der Waals surface area contributed by atoms with E-state index < -0.39 is 10.0 Å². The molecule has 0 spiro atoms. The Morgan fingerprint density at radius 3 is 1.57 bits per heavy atom. The summed E-state index contributed by atoms with van der Waals surface area (Å²) >= 11 is 2.80. The second-order valence-corrected chi connectivity index (χ2v) is 12.3. The van der Waals surface area contributed by atoms with Crippen LogP contribution in [0.25, 0.3) is 0 Å². The molecule has 0 N–H and O–H groups in total. The van der Waals surface area contributed by atoms with Crippen LogP contribution in [0, 0.1) is 11.8 Å². The summed E-state index contributed by atoms with van der Waals surface area (Å²) in [7, 11) is -1.05. The smallest absolute Gasteiger partial charge is 0.0643 e. The van der Waals surface area contributed by atoms with Gasteiger partial charge in [-0.2, -0.15) is 10.0 Å². The first-order valence-corrected chi connectivity index (χ1v) is 10.7. The first-order chi connectivity index (χ1) is 10.0. The van der Waals surface area contributed by atoms with E-state index in [1.165, 1.54) is 16.2 Å². The van der Waals surface area contributed by atoms with E-state index in [9.17, 15) is 0 Å². The molecule has 0 saturated heterocycles. The zero-order chi connectivity index (χ0) is 15.1. The summed E-state index contributed by atoms with van der Waals surface area (Å²) in [4.78, 5) is 3.04. The standard InChI is InChI=1S/C19H23IS/c1-15-14-16(2)19(15,20)21(3,17-10-6-4-7-11-17)18-12-8-5-9-13-18/h4-13,15-16H,14H2,1-3H3. The second-order valence-electron chi connectivity index (χ2n) is 6.28. The quantitative estimate of drug-likeness (QED) is 0.409. The molecule has 2 heteroatoms. The predicted molar refractivity (Wildman–Crippen MR) is 103 cm³/mol. The molecular weight excluding hydrogens is 387 g/mol. The maximum Gasteiger partial charge on any atom is 0.0643 e. The van der Waals surface area contributed by atoms with Crippen molar-refractivity contribution >= 4 is 32.6 Å². The minimum absolute atomic E-state index is 0.355. The van der Waals surface area contributed by atoms with E-state index in [1.54, 1.807) is 0 Å². The molecule has 2 unspecified atom stereocenters. The van der Waals surface area contributed by atoms with E-state index >= 15 is 0 Å². The molecule has 2 aromatic rings. The Morgan fingerprint density at radius 1 is 0.857 bits per heavy atom. The SMILES string of the molecule is CC1CC(C)C1(I)S(C)(c1ccccc1)c1ccccc1. The summed E-state index contributed by atoms with van der Waals surface area (Å²) in [5.41, 5.74) is 0. The third-order valence-corrected chi connectivity index (χ3v) is 14.4. The molecule has 2 atom stereocenters. The summed E-state index contributed by atoms with van der Waals surface area (Å²) in [6.45, 7) is 4.87. The Bertz CT molecular complexity index is 560. The lowest BCUT2D eigenvalue weighted by molar-refractivity contribution is 0.231. The van der Waals surface area contributed by atoms with Crippen LogP contribution in [0.2, 0.25) is 0 Å². The molecule has 0 amide bonds. The molecule has 1 aliphatic rings. The van der Waals surface area contributed by atoms with Gasteiger partial charge in [0.15, 0.2) is 0 Å². The van der Waals surface area contributed by atoms with Crippen molar-refractivity contribution in [1.29, 1.82) is 0 Å². The van der Waals surface area contributed by atoms with Crippen molar-refractivity contribution in [3.8, 4) is 0 Å². The van der Waals surface area contributed by atoms with Crippen molar-refractivity contribution in [2.75, 3.05) is 6.26 Å². The van der Waals surface area contributed by atoms with E-state index in [0.717, 1.165) is 11.8 Å². The van der Waals surface area contributed by atoms with Crippen LogP contribution in [0.4, 0.5) is 0 Å². The minimum atomic E-state index is -1.05. The van der Waals surface area contributed by atoms with Crippen molar-refractivity contribution in [2.45, 2.75) is 32.8 Å². The number of hydrogen-bond acceptors (Lipinski definition) is 0. The molecule has 21 heavy (non-hydrogen) atoms. The van der Waals surface area contributed by atoms with Crippen LogP contribution in [-0.2, 0) is 0 Å². The number of hydrogen-bond donors (Lipinski definition) is 0. The molecule has 0 aromatic heterocycles. The van der Waals surface area contributed by atoms with E-state index in [0.29, 0.717) is 2.75 Å². The Labute approximate surface area is 143 Å². The molecule has 0 heterocycles. The predicted octanol–water partition coefficient (Wildman–Crippen LogP) is 6.35. The van der Waals surface area contributed by atoms with Crippen LogP contribution in [0.1, 0.15) is 20.3 Å². The molecule has 2 aromatic carbocycles. The number of rotatable bonds is 3. The van der Waals surface area contributed by atoms with Gasteiger partial charge in [-0.15, -0.1) is 0 Å². The highest BCUT2D eigenvalue weighted by molar-refractivity contribution is 14.1. The van der Waals surface area contributed by atoms with Crippen molar-refractivity contribution < 1.29 is 0 Å². The van der Waals surface area contributed by atoms with Crippen LogP contribution in [0.5, 0.6) is 0 Å². The third kappa shape index (κ3) is 2.17. The van der Waals surface area contributed by atoms with Gasteiger partial charge in [-0.3, -0.25) is 0 Å². The van der Waals surface area contributed by atoms with Crippen molar-refractivity contribution in [2.24, 2.45) is 11.8 Å². The van der Waals surface area contributed by atoms with E-state index in [2.05, 4.69) is 103 Å². The molecular formula is C19H23IS. The fourth-order valence-electron chi connectivity index (χ4n) is 3.86. The molecule has 1 fully saturated rings. The number of alkyl halides is 1. The topological polar surface area (TPSA) is 0 Å². The maximum atomic E-state index is 2.80. The van der Waals surface area contributed by atoms with Crippen LogP contribution < -0.4 is 0 Å². The Hall–Kier alpha value is -0.480. The third-order valence-electron chi connectivity index (χ3n) is 5.11. The molecule has 0 bridgehead atoms. The van der Waals surface area contributed by atoms with E-state index in [-0.39, 0.29) is 0 Å². The van der Waals surface area contributed by atoms with Crippen LogP contribution >= 0.6 is 32.6 Å². The first-order valence-electron chi connectivity index (χ1n) is 7.58. The molecule has 1 aliphatic carbocycles. The number of benzene rings is 2. The van der Waals surface area contributed by atoms with Gasteiger partial charge in [0.1, 0.15) is 0 Å². The van der Waals surface area contributed by atoms with E-state index in [1.807, 2.05) is 0 Å². The molecule has 112 valence electrons. The lowest BCUT2D eigenvalue weighted by Gasteiger charge is -2.63. The van der Waals surface area contributed by atoms with Gasteiger partial charge >= 0.3 is 0 Å². The molecule has 3 rings (SSSR count). The fraction of sp³-hybridized carbons (Fsp3) is 0.368. The molecule has 0 nitrogen and oxygen atoms in total. The Kier molecular flexibility index (Phi) is 4.12. The first kappa shape index (κ1) is 15.4. The van der Waals surface area contributed by atoms with Gasteiger partial charge in [-0.25, -0.2) is 0 Å². The molecule has 1 saturated carbocycles. The highest BCUT2D eigenvalue weighted by Gasteiger charge is 2.58. The average molecular weight is 410 g/mol. The lowest BCUT2D eigenvalue weighted by Crippen LogP contribution is -2.51. The van der Waals surface area contributed by atoms with Gasteiger partial charge in [0.05, 0.1) is 2.75 Å². The summed E-state index contributed by atoms with van der Waals surface area (Å²) in [6, 6.07) is 22.4.